The maximum atomic E-state index is 12.5. The van der Waals surface area contributed by atoms with Gasteiger partial charge in [-0.3, -0.25) is 9.59 Å². The molecule has 0 N–H and O–H groups in total. The summed E-state index contributed by atoms with van der Waals surface area (Å²) in [4.78, 5) is 38.3. The number of esters is 1. The number of thioether (sulfide) groups is 1. The van der Waals surface area contributed by atoms with Crippen molar-refractivity contribution in [3.63, 3.8) is 0 Å². The topological polar surface area (TPSA) is 63.7 Å². The molecule has 0 spiro atoms. The van der Waals surface area contributed by atoms with Crippen LogP contribution < -0.4 is 0 Å². The molecule has 2 heterocycles. The summed E-state index contributed by atoms with van der Waals surface area (Å²) in [6, 6.07) is 6.30. The van der Waals surface area contributed by atoms with Gasteiger partial charge in [-0.2, -0.15) is 0 Å². The van der Waals surface area contributed by atoms with Crippen molar-refractivity contribution in [2.75, 3.05) is 5.75 Å². The molecule has 1 aromatic carbocycles. The molecule has 0 bridgehead atoms. The Morgan fingerprint density at radius 1 is 1.38 bits per heavy atom. The van der Waals surface area contributed by atoms with E-state index in [1.807, 2.05) is 6.92 Å². The number of Topliss-reactive ketones (excluding diaryl/α,β-unsaturated/α-hetero) is 1. The third-order valence-corrected chi connectivity index (χ3v) is 6.54. The first-order chi connectivity index (χ1) is 11.3. The van der Waals surface area contributed by atoms with Crippen LogP contribution in [0.15, 0.2) is 28.7 Å². The number of carbonyl (C=O) groups excluding carboxylic acids is 3. The molecule has 0 saturated carbocycles. The molecule has 2 aliphatic rings. The summed E-state index contributed by atoms with van der Waals surface area (Å²) in [7, 11) is 0. The van der Waals surface area contributed by atoms with E-state index < -0.39 is 18.1 Å². The molecule has 1 amide bonds. The predicted octanol–water partition coefficient (Wildman–Crippen LogP) is 3.02. The van der Waals surface area contributed by atoms with Gasteiger partial charge in [0.15, 0.2) is 6.10 Å². The Balaban J connectivity index is 1.67. The van der Waals surface area contributed by atoms with Crippen molar-refractivity contribution in [3.8, 4) is 0 Å². The highest BCUT2D eigenvalue weighted by Gasteiger charge is 2.53. The average Bonchev–Trinajstić information content (AvgIpc) is 3.04. The fourth-order valence-corrected chi connectivity index (χ4v) is 4.83. The van der Waals surface area contributed by atoms with Crippen LogP contribution in [0.3, 0.4) is 0 Å². The molecule has 5 nitrogen and oxygen atoms in total. The lowest BCUT2D eigenvalue weighted by molar-refractivity contribution is -0.155. The first-order valence-electron chi connectivity index (χ1n) is 7.78. The molecule has 2 saturated heterocycles. The molecule has 0 radical (unpaired) electrons. The minimum Gasteiger partial charge on any atom is -0.453 e. The summed E-state index contributed by atoms with van der Waals surface area (Å²) < 4.78 is 6.25. The molecule has 0 unspecified atom stereocenters. The van der Waals surface area contributed by atoms with Gasteiger partial charge in [0.2, 0.25) is 11.7 Å². The first-order valence-corrected chi connectivity index (χ1v) is 9.56. The molecular weight excluding hydrogens is 394 g/mol. The lowest BCUT2D eigenvalue weighted by Gasteiger charge is -2.29. The molecule has 2 aliphatic heterocycles. The van der Waals surface area contributed by atoms with Crippen molar-refractivity contribution in [1.82, 2.24) is 4.90 Å². The molecule has 2 fully saturated rings. The minimum atomic E-state index is -0.881. The summed E-state index contributed by atoms with van der Waals surface area (Å²) in [5, 5.41) is 0. The highest BCUT2D eigenvalue weighted by atomic mass is 79.9. The van der Waals surface area contributed by atoms with E-state index in [1.54, 1.807) is 47.9 Å². The Bertz CT molecular complexity index is 692. The van der Waals surface area contributed by atoms with Gasteiger partial charge in [-0.05, 0) is 32.4 Å². The van der Waals surface area contributed by atoms with Gasteiger partial charge in [-0.1, -0.05) is 28.1 Å². The van der Waals surface area contributed by atoms with Crippen LogP contribution in [0, 0.1) is 0 Å². The Hall–Kier alpha value is -1.34. The molecular formula is C17H18BrNO4S. The van der Waals surface area contributed by atoms with Crippen LogP contribution in [0.2, 0.25) is 0 Å². The van der Waals surface area contributed by atoms with E-state index in [0.29, 0.717) is 17.7 Å². The molecule has 0 aromatic heterocycles. The number of ketones is 1. The Morgan fingerprint density at radius 2 is 2.04 bits per heavy atom. The molecule has 0 aliphatic carbocycles. The number of hydrogen-bond acceptors (Lipinski definition) is 5. The number of hydrogen-bond donors (Lipinski definition) is 0. The number of ether oxygens (including phenoxy) is 1. The van der Waals surface area contributed by atoms with Gasteiger partial charge in [0.25, 0.3) is 0 Å². The van der Waals surface area contributed by atoms with Gasteiger partial charge in [-0.15, -0.1) is 11.8 Å². The Kier molecular flexibility index (Phi) is 4.75. The number of fused-ring (bicyclic) bond motifs is 1. The maximum absolute atomic E-state index is 12.5. The summed E-state index contributed by atoms with van der Waals surface area (Å²) in [6.07, 6.45) is 0.321. The van der Waals surface area contributed by atoms with E-state index in [-0.39, 0.29) is 16.6 Å². The second-order valence-corrected chi connectivity index (χ2v) is 8.63. The smallest absolute Gasteiger partial charge is 0.330 e. The fraction of sp³-hybridized carbons (Fsp3) is 0.471. The molecule has 1 aromatic rings. The van der Waals surface area contributed by atoms with Crippen molar-refractivity contribution in [1.29, 1.82) is 0 Å². The zero-order valence-electron chi connectivity index (χ0n) is 13.5. The molecule has 7 heteroatoms. The number of halogens is 1. The van der Waals surface area contributed by atoms with E-state index in [1.165, 1.54) is 0 Å². The molecule has 3 rings (SSSR count). The Labute approximate surface area is 153 Å². The highest BCUT2D eigenvalue weighted by Crippen LogP contribution is 2.47. The van der Waals surface area contributed by atoms with E-state index >= 15 is 0 Å². The van der Waals surface area contributed by atoms with Gasteiger partial charge in [-0.25, -0.2) is 4.79 Å². The summed E-state index contributed by atoms with van der Waals surface area (Å²) in [5.41, 5.74) is 0.487. The molecule has 128 valence electrons. The van der Waals surface area contributed by atoms with Gasteiger partial charge >= 0.3 is 5.97 Å². The highest BCUT2D eigenvalue weighted by molar-refractivity contribution is 9.10. The van der Waals surface area contributed by atoms with Crippen LogP contribution in [0.4, 0.5) is 0 Å². The second-order valence-electron chi connectivity index (χ2n) is 6.22. The van der Waals surface area contributed by atoms with Crippen LogP contribution >= 0.6 is 27.7 Å². The summed E-state index contributed by atoms with van der Waals surface area (Å²) in [5.74, 6) is -0.256. The fourth-order valence-electron chi connectivity index (χ4n) is 3.15. The lowest BCUT2D eigenvalue weighted by atomic mass is 10.1. The van der Waals surface area contributed by atoms with Crippen molar-refractivity contribution in [2.24, 2.45) is 0 Å². The SMILES string of the molecule is C[C@@H](OC(=O)[C@H]1CS[C@@]2(C)CCC(=O)N12)C(=O)c1ccc(Br)cc1. The van der Waals surface area contributed by atoms with Crippen LogP contribution in [0.5, 0.6) is 0 Å². The average molecular weight is 412 g/mol. The number of rotatable bonds is 4. The number of carbonyl (C=O) groups is 3. The van der Waals surface area contributed by atoms with Gasteiger partial charge in [0, 0.05) is 22.2 Å². The van der Waals surface area contributed by atoms with Crippen molar-refractivity contribution in [3.05, 3.63) is 34.3 Å². The zero-order chi connectivity index (χ0) is 17.5. The van der Waals surface area contributed by atoms with Crippen molar-refractivity contribution in [2.45, 2.75) is 43.7 Å². The lowest BCUT2D eigenvalue weighted by Crippen LogP contribution is -2.47. The second kappa shape index (κ2) is 6.52. The first kappa shape index (κ1) is 17.5. The van der Waals surface area contributed by atoms with Crippen LogP contribution in [0.25, 0.3) is 0 Å². The maximum Gasteiger partial charge on any atom is 0.330 e. The Morgan fingerprint density at radius 3 is 2.71 bits per heavy atom. The number of nitrogens with zero attached hydrogens (tertiary/aromatic N) is 1. The van der Waals surface area contributed by atoms with Crippen LogP contribution in [-0.2, 0) is 14.3 Å². The molecule has 24 heavy (non-hydrogen) atoms. The van der Waals surface area contributed by atoms with Crippen molar-refractivity contribution >= 4 is 45.4 Å². The third kappa shape index (κ3) is 3.11. The number of benzene rings is 1. The molecule has 3 atom stereocenters. The van der Waals surface area contributed by atoms with Crippen LogP contribution in [0.1, 0.15) is 37.0 Å². The largest absolute Gasteiger partial charge is 0.453 e. The summed E-state index contributed by atoms with van der Waals surface area (Å²) in [6.45, 7) is 3.54. The minimum absolute atomic E-state index is 0.0173. The van der Waals surface area contributed by atoms with E-state index in [2.05, 4.69) is 15.9 Å². The standard InChI is InChI=1S/C17H18BrNO4S/c1-10(15(21)11-3-5-12(18)6-4-11)23-16(22)13-9-24-17(2)8-7-14(20)19(13)17/h3-6,10,13H,7-9H2,1-2H3/t10-,13-,17+/m1/s1. The van der Waals surface area contributed by atoms with Crippen LogP contribution in [-0.4, -0.2) is 45.3 Å². The van der Waals surface area contributed by atoms with Gasteiger partial charge in [0.1, 0.15) is 6.04 Å². The third-order valence-electron chi connectivity index (χ3n) is 4.51. The zero-order valence-corrected chi connectivity index (χ0v) is 15.9. The quantitative estimate of drug-likeness (QED) is 0.562. The van der Waals surface area contributed by atoms with Gasteiger partial charge in [0.05, 0.1) is 4.87 Å². The summed E-state index contributed by atoms with van der Waals surface area (Å²) >= 11 is 4.92. The monoisotopic (exact) mass is 411 g/mol. The van der Waals surface area contributed by atoms with E-state index in [0.717, 1.165) is 10.9 Å². The number of amides is 1. The normalized spacial score (nSPS) is 27.0. The van der Waals surface area contributed by atoms with E-state index in [4.69, 9.17) is 4.74 Å². The van der Waals surface area contributed by atoms with E-state index in [9.17, 15) is 14.4 Å². The van der Waals surface area contributed by atoms with Crippen molar-refractivity contribution < 1.29 is 19.1 Å². The predicted molar refractivity (Wildman–Crippen MR) is 94.8 cm³/mol. The van der Waals surface area contributed by atoms with Gasteiger partial charge < -0.3 is 9.64 Å².